The van der Waals surface area contributed by atoms with Crippen LogP contribution in [-0.2, 0) is 4.79 Å². The quantitative estimate of drug-likeness (QED) is 0.530. The van der Waals surface area contributed by atoms with Crippen LogP contribution in [0.3, 0.4) is 0 Å². The Kier molecular flexibility index (Phi) is 4.27. The molecular weight excluding hydrogens is 276 g/mol. The van der Waals surface area contributed by atoms with Crippen molar-refractivity contribution < 1.29 is 9.72 Å². The van der Waals surface area contributed by atoms with E-state index in [9.17, 15) is 14.9 Å². The van der Waals surface area contributed by atoms with Crippen LogP contribution < -0.4 is 5.32 Å². The summed E-state index contributed by atoms with van der Waals surface area (Å²) >= 11 is 1.54. The summed E-state index contributed by atoms with van der Waals surface area (Å²) in [7, 11) is 0. The Morgan fingerprint density at radius 1 is 1.40 bits per heavy atom. The molecule has 1 aromatic heterocycles. The van der Waals surface area contributed by atoms with Gasteiger partial charge >= 0.3 is 0 Å². The third-order valence-corrected chi connectivity index (χ3v) is 3.43. The molecule has 0 bridgehead atoms. The van der Waals surface area contributed by atoms with Crippen LogP contribution >= 0.6 is 11.3 Å². The maximum Gasteiger partial charge on any atom is 0.274 e. The van der Waals surface area contributed by atoms with Gasteiger partial charge in [0.1, 0.15) is 0 Å². The zero-order chi connectivity index (χ0) is 14.5. The summed E-state index contributed by atoms with van der Waals surface area (Å²) in [5, 5.41) is 17.3. The van der Waals surface area contributed by atoms with Crippen LogP contribution in [0.15, 0.2) is 41.1 Å². The van der Waals surface area contributed by atoms with E-state index in [4.69, 9.17) is 0 Å². The number of hydrogen-bond acceptors (Lipinski definition) is 4. The van der Waals surface area contributed by atoms with E-state index in [2.05, 4.69) is 5.32 Å². The smallest absolute Gasteiger partial charge is 0.274 e. The van der Waals surface area contributed by atoms with E-state index in [0.29, 0.717) is 11.3 Å². The minimum atomic E-state index is -0.466. The van der Waals surface area contributed by atoms with Crippen LogP contribution in [0.25, 0.3) is 6.08 Å². The number of anilines is 1. The molecule has 5 nitrogen and oxygen atoms in total. The van der Waals surface area contributed by atoms with Crippen molar-refractivity contribution >= 4 is 34.7 Å². The van der Waals surface area contributed by atoms with Crippen molar-refractivity contribution in [3.05, 3.63) is 62.3 Å². The summed E-state index contributed by atoms with van der Waals surface area (Å²) in [6.07, 6.45) is 3.10. The first-order chi connectivity index (χ1) is 9.58. The summed E-state index contributed by atoms with van der Waals surface area (Å²) in [6.45, 7) is 1.61. The molecule has 102 valence electrons. The molecule has 0 fully saturated rings. The number of carbonyl (C=O) groups is 1. The number of nitrogens with one attached hydrogen (secondary N) is 1. The molecule has 0 atom stereocenters. The first-order valence-corrected chi connectivity index (χ1v) is 6.77. The number of hydrogen-bond donors (Lipinski definition) is 1. The highest BCUT2D eigenvalue weighted by Gasteiger charge is 2.13. The molecule has 0 aliphatic rings. The minimum Gasteiger partial charge on any atom is -0.322 e. The molecular formula is C14H12N2O3S. The normalized spacial score (nSPS) is 10.7. The monoisotopic (exact) mass is 288 g/mol. The van der Waals surface area contributed by atoms with Crippen molar-refractivity contribution in [1.29, 1.82) is 0 Å². The fourth-order valence-electron chi connectivity index (χ4n) is 1.67. The number of nitro groups is 1. The Hall–Kier alpha value is -2.47. The van der Waals surface area contributed by atoms with Gasteiger partial charge in [0.25, 0.3) is 5.69 Å². The van der Waals surface area contributed by atoms with Crippen molar-refractivity contribution in [2.45, 2.75) is 6.92 Å². The molecule has 0 radical (unpaired) electrons. The van der Waals surface area contributed by atoms with Crippen molar-refractivity contribution in [2.24, 2.45) is 0 Å². The molecule has 1 heterocycles. The van der Waals surface area contributed by atoms with Crippen LogP contribution in [0.2, 0.25) is 0 Å². The van der Waals surface area contributed by atoms with Gasteiger partial charge in [0.2, 0.25) is 5.91 Å². The highest BCUT2D eigenvalue weighted by Crippen LogP contribution is 2.24. The Morgan fingerprint density at radius 3 is 2.85 bits per heavy atom. The largest absolute Gasteiger partial charge is 0.322 e. The number of nitro benzene ring substituents is 1. The second-order valence-corrected chi connectivity index (χ2v) is 4.87. The van der Waals surface area contributed by atoms with Crippen LogP contribution in [0.4, 0.5) is 11.4 Å². The van der Waals surface area contributed by atoms with E-state index in [1.54, 1.807) is 36.5 Å². The Morgan fingerprint density at radius 2 is 2.20 bits per heavy atom. The zero-order valence-corrected chi connectivity index (χ0v) is 11.5. The average Bonchev–Trinajstić information content (AvgIpc) is 2.91. The van der Waals surface area contributed by atoms with E-state index >= 15 is 0 Å². The lowest BCUT2D eigenvalue weighted by atomic mass is 10.1. The van der Waals surface area contributed by atoms with E-state index in [1.165, 1.54) is 12.1 Å². The molecule has 1 N–H and O–H groups in total. The predicted molar refractivity (Wildman–Crippen MR) is 79.8 cm³/mol. The van der Waals surface area contributed by atoms with Crippen LogP contribution in [0.5, 0.6) is 0 Å². The number of nitrogens with zero attached hydrogens (tertiary/aromatic N) is 1. The Bertz CT molecular complexity index is 663. The number of amides is 1. The molecule has 0 spiro atoms. The van der Waals surface area contributed by atoms with E-state index in [1.807, 2.05) is 16.8 Å². The summed E-state index contributed by atoms with van der Waals surface area (Å²) in [4.78, 5) is 22.1. The third kappa shape index (κ3) is 3.30. The second-order valence-electron chi connectivity index (χ2n) is 4.09. The molecule has 2 aromatic rings. The molecule has 2 rings (SSSR count). The highest BCUT2D eigenvalue weighted by molar-refractivity contribution is 7.08. The number of carbonyl (C=O) groups excluding carboxylic acids is 1. The standard InChI is InChI=1S/C14H12N2O3S/c1-10-12(3-2-4-13(10)16(18)19)15-14(17)6-5-11-7-8-20-9-11/h2-9H,1H3,(H,15,17). The predicted octanol–water partition coefficient (Wildman–Crippen LogP) is 3.62. The van der Waals surface area contributed by atoms with Crippen LogP contribution in [0.1, 0.15) is 11.1 Å². The van der Waals surface area contributed by atoms with Gasteiger partial charge in [-0.3, -0.25) is 14.9 Å². The van der Waals surface area contributed by atoms with Gasteiger partial charge in [0.05, 0.1) is 16.2 Å². The zero-order valence-electron chi connectivity index (χ0n) is 10.7. The van der Waals surface area contributed by atoms with E-state index < -0.39 is 4.92 Å². The van der Waals surface area contributed by atoms with Gasteiger partial charge in [-0.05, 0) is 41.5 Å². The van der Waals surface area contributed by atoms with Gasteiger partial charge in [-0.25, -0.2) is 0 Å². The molecule has 0 aliphatic heterocycles. The maximum absolute atomic E-state index is 11.8. The fourth-order valence-corrected chi connectivity index (χ4v) is 2.30. The average molecular weight is 288 g/mol. The molecule has 1 amide bonds. The summed E-state index contributed by atoms with van der Waals surface area (Å²) in [6, 6.07) is 6.49. The van der Waals surface area contributed by atoms with Gasteiger partial charge in [-0.15, -0.1) is 0 Å². The van der Waals surface area contributed by atoms with Crippen molar-refractivity contribution in [2.75, 3.05) is 5.32 Å². The summed E-state index contributed by atoms with van der Waals surface area (Å²) in [5.41, 5.74) is 1.82. The number of thiophene rings is 1. The van der Waals surface area contributed by atoms with Gasteiger partial charge < -0.3 is 5.32 Å². The lowest BCUT2D eigenvalue weighted by Gasteiger charge is -2.06. The van der Waals surface area contributed by atoms with E-state index in [0.717, 1.165) is 5.56 Å². The molecule has 0 saturated heterocycles. The number of rotatable bonds is 4. The lowest BCUT2D eigenvalue weighted by molar-refractivity contribution is -0.385. The minimum absolute atomic E-state index is 0.00962. The molecule has 1 aromatic carbocycles. The van der Waals surface area contributed by atoms with Crippen LogP contribution in [0, 0.1) is 17.0 Å². The van der Waals surface area contributed by atoms with Crippen molar-refractivity contribution in [1.82, 2.24) is 0 Å². The Labute approximate surface area is 119 Å². The van der Waals surface area contributed by atoms with Gasteiger partial charge in [-0.2, -0.15) is 11.3 Å². The van der Waals surface area contributed by atoms with E-state index in [-0.39, 0.29) is 11.6 Å². The van der Waals surface area contributed by atoms with Crippen LogP contribution in [-0.4, -0.2) is 10.8 Å². The molecule has 0 unspecified atom stereocenters. The first-order valence-electron chi connectivity index (χ1n) is 5.83. The third-order valence-electron chi connectivity index (χ3n) is 2.73. The Balaban J connectivity index is 2.12. The fraction of sp³-hybridized carbons (Fsp3) is 0.0714. The number of benzene rings is 1. The SMILES string of the molecule is Cc1c(NC(=O)C=Cc2ccsc2)cccc1[N+](=O)[O-]. The first kappa shape index (κ1) is 14.0. The van der Waals surface area contributed by atoms with Crippen molar-refractivity contribution in [3.8, 4) is 0 Å². The highest BCUT2D eigenvalue weighted by atomic mass is 32.1. The summed E-state index contributed by atoms with van der Waals surface area (Å²) < 4.78 is 0. The topological polar surface area (TPSA) is 72.2 Å². The lowest BCUT2D eigenvalue weighted by Crippen LogP contribution is -2.09. The van der Waals surface area contributed by atoms with Gasteiger partial charge in [0.15, 0.2) is 0 Å². The molecule has 6 heteroatoms. The van der Waals surface area contributed by atoms with Crippen molar-refractivity contribution in [3.63, 3.8) is 0 Å². The molecule has 0 aliphatic carbocycles. The molecule has 20 heavy (non-hydrogen) atoms. The summed E-state index contributed by atoms with van der Waals surface area (Å²) in [5.74, 6) is -0.320. The van der Waals surface area contributed by atoms with Gasteiger partial charge in [0, 0.05) is 12.1 Å². The molecule has 0 saturated carbocycles. The second kappa shape index (κ2) is 6.12. The maximum atomic E-state index is 11.8. The van der Waals surface area contributed by atoms with Gasteiger partial charge in [-0.1, -0.05) is 6.07 Å².